The molecule has 3 aromatic carbocycles. The van der Waals surface area contributed by atoms with E-state index in [2.05, 4.69) is 10.3 Å². The second-order valence-electron chi connectivity index (χ2n) is 9.42. The van der Waals surface area contributed by atoms with E-state index in [-0.39, 0.29) is 11.8 Å². The Hall–Kier alpha value is -4.89. The lowest BCUT2D eigenvalue weighted by Crippen LogP contribution is -2.59. The lowest BCUT2D eigenvalue weighted by molar-refractivity contribution is -0.124. The molecule has 0 saturated heterocycles. The van der Waals surface area contributed by atoms with Crippen molar-refractivity contribution >= 4 is 46.1 Å². The molecular weight excluding hydrogens is 482 g/mol. The minimum absolute atomic E-state index is 0.195. The number of fused-ring (bicyclic) bond motifs is 6. The van der Waals surface area contributed by atoms with E-state index < -0.39 is 18.1 Å². The van der Waals surface area contributed by atoms with Gasteiger partial charge in [0.05, 0.1) is 16.9 Å². The van der Waals surface area contributed by atoms with Crippen molar-refractivity contribution in [1.82, 2.24) is 15.4 Å². The van der Waals surface area contributed by atoms with Crippen molar-refractivity contribution in [2.75, 3.05) is 17.3 Å². The molecule has 4 N–H and O–H groups in total. The van der Waals surface area contributed by atoms with Crippen LogP contribution in [-0.4, -0.2) is 45.9 Å². The molecule has 0 saturated carbocycles. The molecule has 38 heavy (non-hydrogen) atoms. The van der Waals surface area contributed by atoms with Gasteiger partial charge in [0.2, 0.25) is 5.91 Å². The summed E-state index contributed by atoms with van der Waals surface area (Å²) >= 11 is 0. The summed E-state index contributed by atoms with van der Waals surface area (Å²) in [5.74, 6) is -1.16. The van der Waals surface area contributed by atoms with Gasteiger partial charge < -0.3 is 20.1 Å². The highest BCUT2D eigenvalue weighted by Crippen LogP contribution is 2.45. The molecule has 0 fully saturated rings. The Labute approximate surface area is 218 Å². The van der Waals surface area contributed by atoms with E-state index in [4.69, 9.17) is 5.21 Å². The fourth-order valence-electron chi connectivity index (χ4n) is 5.50. The van der Waals surface area contributed by atoms with Gasteiger partial charge in [0, 0.05) is 36.1 Å². The monoisotopic (exact) mass is 507 g/mol. The second kappa shape index (κ2) is 9.20. The van der Waals surface area contributed by atoms with E-state index in [1.54, 1.807) is 40.7 Å². The fourth-order valence-corrected chi connectivity index (χ4v) is 5.50. The molecular formula is C29H25N5O4. The number of rotatable bonds is 4. The highest BCUT2D eigenvalue weighted by molar-refractivity contribution is 6.07. The molecule has 4 aromatic rings. The normalized spacial score (nSPS) is 18.2. The van der Waals surface area contributed by atoms with Gasteiger partial charge in [-0.25, -0.2) is 5.48 Å². The minimum atomic E-state index is -0.755. The molecule has 0 bridgehead atoms. The summed E-state index contributed by atoms with van der Waals surface area (Å²) in [7, 11) is 1.94. The van der Waals surface area contributed by atoms with Crippen LogP contribution in [0.3, 0.4) is 0 Å². The largest absolute Gasteiger partial charge is 0.355 e. The van der Waals surface area contributed by atoms with Crippen molar-refractivity contribution in [3.63, 3.8) is 0 Å². The standard InChI is InChI=1S/C29H25N5O4/c1-33-23-12-5-3-10-20(23)29(37)34-24(16-21-19-9-2-4-11-22(19)31-26(21)28(33)34)27(36)30-18-8-6-7-17(15-18)13-14-25(35)32-38/h2-15,24,28,31,38H,16H2,1H3,(H,30,36)(H,32,35)/b14-13+/t24-,28-/m0/s1. The predicted molar refractivity (Wildman–Crippen MR) is 144 cm³/mol. The number of hydroxylamine groups is 1. The Morgan fingerprint density at radius 2 is 1.84 bits per heavy atom. The number of nitrogens with one attached hydrogen (secondary N) is 3. The number of para-hydroxylation sites is 2. The number of benzene rings is 3. The molecule has 3 heterocycles. The summed E-state index contributed by atoms with van der Waals surface area (Å²) in [6, 6.07) is 21.6. The Morgan fingerprint density at radius 1 is 1.05 bits per heavy atom. The number of hydrogen-bond donors (Lipinski definition) is 4. The van der Waals surface area contributed by atoms with Crippen LogP contribution < -0.4 is 15.7 Å². The minimum Gasteiger partial charge on any atom is -0.355 e. The Morgan fingerprint density at radius 3 is 2.68 bits per heavy atom. The van der Waals surface area contributed by atoms with E-state index in [1.165, 1.54) is 12.2 Å². The number of anilines is 2. The highest BCUT2D eigenvalue weighted by atomic mass is 16.5. The number of carbonyl (C=O) groups excluding carboxylic acids is 3. The summed E-state index contributed by atoms with van der Waals surface area (Å²) in [5, 5.41) is 12.7. The van der Waals surface area contributed by atoms with Crippen LogP contribution in [0.25, 0.3) is 17.0 Å². The van der Waals surface area contributed by atoms with E-state index in [1.807, 2.05) is 54.4 Å². The summed E-state index contributed by atoms with van der Waals surface area (Å²) in [6.45, 7) is 0. The summed E-state index contributed by atoms with van der Waals surface area (Å²) in [6.07, 6.45) is 2.59. The van der Waals surface area contributed by atoms with Gasteiger partial charge in [0.1, 0.15) is 12.2 Å². The molecule has 6 rings (SSSR count). The van der Waals surface area contributed by atoms with Gasteiger partial charge in [0.25, 0.3) is 11.8 Å². The third-order valence-corrected chi connectivity index (χ3v) is 7.21. The maximum atomic E-state index is 13.9. The molecule has 1 aromatic heterocycles. The fraction of sp³-hybridized carbons (Fsp3) is 0.138. The van der Waals surface area contributed by atoms with Crippen molar-refractivity contribution in [2.24, 2.45) is 0 Å². The first-order chi connectivity index (χ1) is 18.5. The Balaban J connectivity index is 1.40. The first-order valence-electron chi connectivity index (χ1n) is 12.2. The van der Waals surface area contributed by atoms with Crippen molar-refractivity contribution in [3.05, 3.63) is 101 Å². The van der Waals surface area contributed by atoms with E-state index in [9.17, 15) is 14.4 Å². The number of nitrogens with zero attached hydrogens (tertiary/aromatic N) is 2. The van der Waals surface area contributed by atoms with Crippen LogP contribution in [0, 0.1) is 0 Å². The zero-order valence-corrected chi connectivity index (χ0v) is 20.5. The van der Waals surface area contributed by atoms with Crippen LogP contribution >= 0.6 is 0 Å². The lowest BCUT2D eigenvalue weighted by atomic mass is 9.90. The van der Waals surface area contributed by atoms with Gasteiger partial charge in [0.15, 0.2) is 0 Å². The summed E-state index contributed by atoms with van der Waals surface area (Å²) in [5.41, 5.74) is 7.00. The van der Waals surface area contributed by atoms with Gasteiger partial charge in [-0.15, -0.1) is 0 Å². The van der Waals surface area contributed by atoms with Crippen LogP contribution in [0.5, 0.6) is 0 Å². The van der Waals surface area contributed by atoms with Crippen LogP contribution in [0.15, 0.2) is 78.9 Å². The zero-order valence-electron chi connectivity index (χ0n) is 20.5. The average molecular weight is 508 g/mol. The topological polar surface area (TPSA) is 118 Å². The average Bonchev–Trinajstić information content (AvgIpc) is 3.32. The van der Waals surface area contributed by atoms with Crippen molar-refractivity contribution in [1.29, 1.82) is 0 Å². The van der Waals surface area contributed by atoms with Gasteiger partial charge in [-0.05, 0) is 47.5 Å². The molecule has 2 atom stereocenters. The SMILES string of the molecule is CN1c2ccccc2C(=O)N2[C@H](C(=O)Nc3cccc(/C=C/C(=O)NO)c3)Cc3c([nH]c4ccccc34)[C@@H]12. The van der Waals surface area contributed by atoms with Crippen molar-refractivity contribution in [2.45, 2.75) is 18.6 Å². The van der Waals surface area contributed by atoms with Crippen LogP contribution in [-0.2, 0) is 16.0 Å². The highest BCUT2D eigenvalue weighted by Gasteiger charge is 2.48. The number of hydrogen-bond acceptors (Lipinski definition) is 5. The van der Waals surface area contributed by atoms with Crippen LogP contribution in [0.1, 0.15) is 33.3 Å². The molecule has 0 spiro atoms. The Kier molecular flexibility index (Phi) is 5.69. The van der Waals surface area contributed by atoms with E-state index >= 15 is 0 Å². The van der Waals surface area contributed by atoms with Crippen molar-refractivity contribution in [3.8, 4) is 0 Å². The second-order valence-corrected chi connectivity index (χ2v) is 9.42. The molecule has 0 unspecified atom stereocenters. The number of amides is 3. The molecule has 9 heteroatoms. The first-order valence-corrected chi connectivity index (χ1v) is 12.2. The molecule has 190 valence electrons. The van der Waals surface area contributed by atoms with E-state index in [0.29, 0.717) is 23.2 Å². The quantitative estimate of drug-likeness (QED) is 0.190. The number of H-pyrrole nitrogens is 1. The van der Waals surface area contributed by atoms with Gasteiger partial charge in [-0.3, -0.25) is 19.6 Å². The smallest absolute Gasteiger partial charge is 0.267 e. The molecule has 0 radical (unpaired) electrons. The third kappa shape index (κ3) is 3.80. The number of aromatic amines is 1. The maximum absolute atomic E-state index is 13.9. The van der Waals surface area contributed by atoms with Gasteiger partial charge >= 0.3 is 0 Å². The molecule has 3 amide bonds. The van der Waals surface area contributed by atoms with E-state index in [0.717, 1.165) is 27.8 Å². The van der Waals surface area contributed by atoms with Crippen LogP contribution in [0.2, 0.25) is 0 Å². The maximum Gasteiger partial charge on any atom is 0.267 e. The Bertz CT molecular complexity index is 1620. The first kappa shape index (κ1) is 23.5. The molecule has 2 aliphatic rings. The molecule has 2 aliphatic heterocycles. The van der Waals surface area contributed by atoms with Gasteiger partial charge in [-0.2, -0.15) is 0 Å². The third-order valence-electron chi connectivity index (χ3n) is 7.21. The summed E-state index contributed by atoms with van der Waals surface area (Å²) < 4.78 is 0. The molecule has 0 aliphatic carbocycles. The summed E-state index contributed by atoms with van der Waals surface area (Å²) in [4.78, 5) is 46.3. The van der Waals surface area contributed by atoms with Gasteiger partial charge in [-0.1, -0.05) is 42.5 Å². The zero-order chi connectivity index (χ0) is 26.4. The number of carbonyl (C=O) groups is 3. The predicted octanol–water partition coefficient (Wildman–Crippen LogP) is 3.84. The lowest BCUT2D eigenvalue weighted by Gasteiger charge is -2.49. The number of aromatic nitrogens is 1. The van der Waals surface area contributed by atoms with Crippen molar-refractivity contribution < 1.29 is 19.6 Å². The molecule has 9 nitrogen and oxygen atoms in total. The van der Waals surface area contributed by atoms with Crippen LogP contribution in [0.4, 0.5) is 11.4 Å².